The topological polar surface area (TPSA) is 62.6 Å². The molecule has 0 fully saturated rings. The Kier molecular flexibility index (Phi) is 4.27. The van der Waals surface area contributed by atoms with Crippen molar-refractivity contribution in [2.45, 2.75) is 6.42 Å². The molecule has 0 aliphatic carbocycles. The number of hydrogen-bond acceptors (Lipinski definition) is 4. The largest absolute Gasteiger partial charge is 0.291 e. The molecule has 3 aromatic rings. The first kappa shape index (κ1) is 16.1. The molecule has 2 aromatic carbocycles. The Morgan fingerprint density at radius 3 is 2.31 bits per heavy atom. The van der Waals surface area contributed by atoms with E-state index >= 15 is 0 Å². The maximum absolute atomic E-state index is 12.8. The quantitative estimate of drug-likeness (QED) is 0.405. The average Bonchev–Trinajstić information content (AvgIpc) is 2.69. The van der Waals surface area contributed by atoms with Crippen molar-refractivity contribution in [3.05, 3.63) is 77.6 Å². The van der Waals surface area contributed by atoms with Gasteiger partial charge in [0.15, 0.2) is 0 Å². The van der Waals surface area contributed by atoms with E-state index in [4.69, 9.17) is 0 Å². The molecule has 0 bridgehead atoms. The van der Waals surface area contributed by atoms with Crippen LogP contribution in [0.15, 0.2) is 65.8 Å². The lowest BCUT2D eigenvalue weighted by Gasteiger charge is -2.26. The lowest BCUT2D eigenvalue weighted by molar-refractivity contribution is 0.0610. The van der Waals surface area contributed by atoms with Crippen molar-refractivity contribution in [3.8, 4) is 0 Å². The van der Waals surface area contributed by atoms with E-state index in [9.17, 15) is 9.59 Å². The van der Waals surface area contributed by atoms with Crippen LogP contribution in [-0.2, 0) is 0 Å². The summed E-state index contributed by atoms with van der Waals surface area (Å²) in [4.78, 5) is 35.3. The Morgan fingerprint density at radius 2 is 1.65 bits per heavy atom. The number of nitrogens with zero attached hydrogens (tertiary/aromatic N) is 3. The van der Waals surface area contributed by atoms with Crippen molar-refractivity contribution in [3.63, 3.8) is 0 Å². The van der Waals surface area contributed by atoms with Gasteiger partial charge in [-0.25, -0.2) is 0 Å². The third-order valence-electron chi connectivity index (χ3n) is 4.44. The van der Waals surface area contributed by atoms with E-state index in [1.54, 1.807) is 24.5 Å². The minimum Gasteiger partial charge on any atom is -0.291 e. The second-order valence-electron chi connectivity index (χ2n) is 6.11. The van der Waals surface area contributed by atoms with Gasteiger partial charge in [-0.3, -0.25) is 24.5 Å². The molecule has 5 heteroatoms. The van der Waals surface area contributed by atoms with Gasteiger partial charge in [-0.15, -0.1) is 0 Å². The van der Waals surface area contributed by atoms with E-state index in [2.05, 4.69) is 9.98 Å². The van der Waals surface area contributed by atoms with E-state index < -0.39 is 0 Å². The normalized spacial score (nSPS) is 13.8. The Bertz CT molecular complexity index is 961. The number of imide groups is 1. The molecular formula is C21H17N3O2. The Balaban J connectivity index is 1.48. The van der Waals surface area contributed by atoms with Crippen LogP contribution in [0.25, 0.3) is 10.8 Å². The van der Waals surface area contributed by atoms with Crippen LogP contribution < -0.4 is 0 Å². The molecule has 1 aliphatic rings. The number of carbonyl (C=O) groups excluding carboxylic acids is 2. The van der Waals surface area contributed by atoms with Gasteiger partial charge in [0, 0.05) is 42.0 Å². The van der Waals surface area contributed by atoms with Crippen molar-refractivity contribution < 1.29 is 9.59 Å². The van der Waals surface area contributed by atoms with Crippen LogP contribution in [0.2, 0.25) is 0 Å². The number of carbonyl (C=O) groups is 2. The molecule has 1 aromatic heterocycles. The van der Waals surface area contributed by atoms with Crippen LogP contribution in [0.1, 0.15) is 32.8 Å². The maximum Gasteiger partial charge on any atom is 0.261 e. The Hall–Kier alpha value is -3.34. The molecule has 2 amide bonds. The molecule has 5 nitrogen and oxygen atoms in total. The number of pyridine rings is 1. The Labute approximate surface area is 151 Å². The zero-order chi connectivity index (χ0) is 17.9. The van der Waals surface area contributed by atoms with E-state index in [1.165, 1.54) is 4.90 Å². The SMILES string of the molecule is O=C1c2cccc3cccc(c23)C(=O)N1CCCN=Cc1ccccn1. The minimum absolute atomic E-state index is 0.229. The summed E-state index contributed by atoms with van der Waals surface area (Å²) in [5, 5.41) is 1.68. The van der Waals surface area contributed by atoms with Crippen LogP contribution in [0.5, 0.6) is 0 Å². The van der Waals surface area contributed by atoms with Crippen molar-refractivity contribution in [1.29, 1.82) is 0 Å². The summed E-state index contributed by atoms with van der Waals surface area (Å²) in [6, 6.07) is 16.7. The Morgan fingerprint density at radius 1 is 0.923 bits per heavy atom. The zero-order valence-corrected chi connectivity index (χ0v) is 14.1. The summed E-state index contributed by atoms with van der Waals surface area (Å²) in [6.07, 6.45) is 4.03. The van der Waals surface area contributed by atoms with Crippen LogP contribution >= 0.6 is 0 Å². The van der Waals surface area contributed by atoms with Gasteiger partial charge in [0.1, 0.15) is 0 Å². The lowest BCUT2D eigenvalue weighted by Crippen LogP contribution is -2.41. The fourth-order valence-corrected chi connectivity index (χ4v) is 3.21. The van der Waals surface area contributed by atoms with Crippen LogP contribution in [0.4, 0.5) is 0 Å². The van der Waals surface area contributed by atoms with E-state index in [1.807, 2.05) is 42.5 Å². The first-order chi connectivity index (χ1) is 12.8. The molecule has 0 saturated carbocycles. The predicted molar refractivity (Wildman–Crippen MR) is 101 cm³/mol. The molecule has 0 N–H and O–H groups in total. The number of aromatic nitrogens is 1. The lowest BCUT2D eigenvalue weighted by atomic mass is 9.94. The monoisotopic (exact) mass is 343 g/mol. The smallest absolute Gasteiger partial charge is 0.261 e. The van der Waals surface area contributed by atoms with Crippen LogP contribution in [0.3, 0.4) is 0 Å². The first-order valence-corrected chi connectivity index (χ1v) is 8.54. The second kappa shape index (κ2) is 6.88. The fourth-order valence-electron chi connectivity index (χ4n) is 3.21. The van der Waals surface area contributed by atoms with Gasteiger partial charge in [0.2, 0.25) is 0 Å². The number of amides is 2. The van der Waals surface area contributed by atoms with Crippen molar-refractivity contribution in [2.24, 2.45) is 4.99 Å². The number of hydrogen-bond donors (Lipinski definition) is 0. The van der Waals surface area contributed by atoms with Gasteiger partial charge < -0.3 is 0 Å². The maximum atomic E-state index is 12.8. The molecule has 0 unspecified atom stereocenters. The van der Waals surface area contributed by atoms with Gasteiger partial charge in [-0.05, 0) is 36.1 Å². The number of benzene rings is 2. The van der Waals surface area contributed by atoms with Gasteiger partial charge in [0.05, 0.1) is 5.69 Å². The van der Waals surface area contributed by atoms with Crippen molar-refractivity contribution >= 4 is 28.8 Å². The minimum atomic E-state index is -0.229. The van der Waals surface area contributed by atoms with Crippen LogP contribution in [-0.4, -0.2) is 41.0 Å². The summed E-state index contributed by atoms with van der Waals surface area (Å²) in [7, 11) is 0. The number of rotatable bonds is 5. The molecule has 0 atom stereocenters. The highest BCUT2D eigenvalue weighted by molar-refractivity contribution is 6.25. The van der Waals surface area contributed by atoms with Crippen molar-refractivity contribution in [1.82, 2.24) is 9.88 Å². The average molecular weight is 343 g/mol. The van der Waals surface area contributed by atoms with Crippen LogP contribution in [0, 0.1) is 0 Å². The standard InChI is InChI=1S/C21H17N3O2/c25-20-17-9-3-6-15-7-4-10-18(19(15)17)21(26)24(20)13-5-11-22-14-16-8-1-2-12-23-16/h1-4,6-10,12,14H,5,11,13H2. The summed E-state index contributed by atoms with van der Waals surface area (Å²) in [5.41, 5.74) is 1.97. The van der Waals surface area contributed by atoms with Gasteiger partial charge >= 0.3 is 0 Å². The summed E-state index contributed by atoms with van der Waals surface area (Å²) in [5.74, 6) is -0.457. The highest BCUT2D eigenvalue weighted by Crippen LogP contribution is 2.29. The van der Waals surface area contributed by atoms with Crippen molar-refractivity contribution in [2.75, 3.05) is 13.1 Å². The molecule has 2 heterocycles. The molecule has 4 rings (SSSR count). The summed E-state index contributed by atoms with van der Waals surface area (Å²) < 4.78 is 0. The third-order valence-corrected chi connectivity index (χ3v) is 4.44. The predicted octanol–water partition coefficient (Wildman–Crippen LogP) is 3.34. The molecule has 0 spiro atoms. The van der Waals surface area contributed by atoms with E-state index in [0.717, 1.165) is 16.5 Å². The highest BCUT2D eigenvalue weighted by Gasteiger charge is 2.31. The van der Waals surface area contributed by atoms with Gasteiger partial charge in [-0.2, -0.15) is 0 Å². The molecular weight excluding hydrogens is 326 g/mol. The summed E-state index contributed by atoms with van der Waals surface area (Å²) in [6.45, 7) is 0.876. The summed E-state index contributed by atoms with van der Waals surface area (Å²) >= 11 is 0. The molecule has 26 heavy (non-hydrogen) atoms. The third kappa shape index (κ3) is 2.88. The van der Waals surface area contributed by atoms with E-state index in [0.29, 0.717) is 30.6 Å². The van der Waals surface area contributed by atoms with Gasteiger partial charge in [-0.1, -0.05) is 30.3 Å². The number of aliphatic imine (C=N–C) groups is 1. The molecule has 0 saturated heterocycles. The zero-order valence-electron chi connectivity index (χ0n) is 14.1. The molecule has 128 valence electrons. The highest BCUT2D eigenvalue weighted by atomic mass is 16.2. The molecule has 0 radical (unpaired) electrons. The fraction of sp³-hybridized carbons (Fsp3) is 0.143. The first-order valence-electron chi connectivity index (χ1n) is 8.54. The van der Waals surface area contributed by atoms with E-state index in [-0.39, 0.29) is 11.8 Å². The second-order valence-corrected chi connectivity index (χ2v) is 6.11. The molecule has 1 aliphatic heterocycles. The van der Waals surface area contributed by atoms with Gasteiger partial charge in [0.25, 0.3) is 11.8 Å².